The SMILES string of the molecule is Cc1ccc(NC(=O)COC(=O)Cn2ncc(=O)c3ccccc32)cc1. The monoisotopic (exact) mass is 351 g/mol. The summed E-state index contributed by atoms with van der Waals surface area (Å²) in [6.07, 6.45) is 1.15. The van der Waals surface area contributed by atoms with Crippen LogP contribution in [-0.2, 0) is 20.9 Å². The first-order chi connectivity index (χ1) is 12.5. The van der Waals surface area contributed by atoms with Gasteiger partial charge in [-0.05, 0) is 31.2 Å². The molecule has 0 aliphatic rings. The van der Waals surface area contributed by atoms with Crippen molar-refractivity contribution in [3.05, 3.63) is 70.5 Å². The average Bonchev–Trinajstić information content (AvgIpc) is 2.64. The molecule has 2 aromatic carbocycles. The highest BCUT2D eigenvalue weighted by atomic mass is 16.5. The van der Waals surface area contributed by atoms with Gasteiger partial charge in [0.05, 0.1) is 11.7 Å². The van der Waals surface area contributed by atoms with Gasteiger partial charge < -0.3 is 10.1 Å². The van der Waals surface area contributed by atoms with E-state index in [9.17, 15) is 14.4 Å². The Bertz CT molecular complexity index is 1010. The first-order valence-corrected chi connectivity index (χ1v) is 8.00. The van der Waals surface area contributed by atoms with Crippen LogP contribution in [0.1, 0.15) is 5.56 Å². The van der Waals surface area contributed by atoms with Crippen LogP contribution in [0.25, 0.3) is 10.9 Å². The van der Waals surface area contributed by atoms with Crippen LogP contribution in [-0.4, -0.2) is 28.3 Å². The number of nitrogens with zero attached hydrogens (tertiary/aromatic N) is 2. The zero-order valence-corrected chi connectivity index (χ0v) is 14.1. The van der Waals surface area contributed by atoms with Crippen molar-refractivity contribution < 1.29 is 14.3 Å². The third kappa shape index (κ3) is 4.13. The van der Waals surface area contributed by atoms with Gasteiger partial charge in [0.15, 0.2) is 6.61 Å². The Hall–Kier alpha value is -3.48. The Balaban J connectivity index is 1.59. The van der Waals surface area contributed by atoms with Gasteiger partial charge in [-0.3, -0.25) is 19.1 Å². The molecule has 0 aliphatic heterocycles. The first kappa shape index (κ1) is 17.3. The quantitative estimate of drug-likeness (QED) is 0.709. The third-order valence-electron chi connectivity index (χ3n) is 3.74. The zero-order chi connectivity index (χ0) is 18.5. The van der Waals surface area contributed by atoms with Gasteiger partial charge in [-0.2, -0.15) is 5.10 Å². The number of carbonyl (C=O) groups excluding carboxylic acids is 2. The number of aryl methyl sites for hydroxylation is 1. The molecule has 0 saturated carbocycles. The van der Waals surface area contributed by atoms with E-state index in [1.165, 1.54) is 4.68 Å². The number of rotatable bonds is 5. The molecule has 1 aromatic heterocycles. The van der Waals surface area contributed by atoms with E-state index in [-0.39, 0.29) is 12.0 Å². The standard InChI is InChI=1S/C19H17N3O4/c1-13-6-8-14(9-7-13)21-18(24)12-26-19(25)11-22-16-5-3-2-4-15(16)17(23)10-20-22/h2-10H,11-12H2,1H3,(H,21,24). The number of hydrogen-bond acceptors (Lipinski definition) is 5. The van der Waals surface area contributed by atoms with E-state index < -0.39 is 18.5 Å². The summed E-state index contributed by atoms with van der Waals surface area (Å²) in [5.74, 6) is -1.05. The van der Waals surface area contributed by atoms with Crippen LogP contribution in [0, 0.1) is 6.92 Å². The average molecular weight is 351 g/mol. The molecule has 0 fully saturated rings. The van der Waals surface area contributed by atoms with Gasteiger partial charge in [0.1, 0.15) is 6.54 Å². The number of anilines is 1. The maximum absolute atomic E-state index is 12.0. The Morgan fingerprint density at radius 1 is 1.12 bits per heavy atom. The van der Waals surface area contributed by atoms with Gasteiger partial charge in [-0.25, -0.2) is 0 Å². The molecular weight excluding hydrogens is 334 g/mol. The lowest BCUT2D eigenvalue weighted by atomic mass is 10.2. The van der Waals surface area contributed by atoms with Crippen molar-refractivity contribution in [2.75, 3.05) is 11.9 Å². The molecule has 0 atom stereocenters. The van der Waals surface area contributed by atoms with Crippen molar-refractivity contribution in [3.8, 4) is 0 Å². The Kier molecular flexibility index (Phi) is 5.07. The molecule has 1 heterocycles. The third-order valence-corrected chi connectivity index (χ3v) is 3.74. The number of nitrogens with one attached hydrogen (secondary N) is 1. The second-order valence-corrected chi connectivity index (χ2v) is 5.76. The van der Waals surface area contributed by atoms with E-state index in [4.69, 9.17) is 4.74 Å². The molecule has 7 nitrogen and oxygen atoms in total. The topological polar surface area (TPSA) is 90.3 Å². The molecule has 132 valence electrons. The number of benzene rings is 2. The number of aromatic nitrogens is 2. The fraction of sp³-hybridized carbons (Fsp3) is 0.158. The van der Waals surface area contributed by atoms with Crippen LogP contribution in [0.3, 0.4) is 0 Å². The fourth-order valence-corrected chi connectivity index (χ4v) is 2.43. The van der Waals surface area contributed by atoms with E-state index in [1.807, 2.05) is 19.1 Å². The van der Waals surface area contributed by atoms with Gasteiger partial charge in [0.25, 0.3) is 5.91 Å². The van der Waals surface area contributed by atoms with Crippen molar-refractivity contribution >= 4 is 28.5 Å². The lowest BCUT2D eigenvalue weighted by Crippen LogP contribution is -2.24. The smallest absolute Gasteiger partial charge is 0.328 e. The summed E-state index contributed by atoms with van der Waals surface area (Å²) in [5.41, 5.74) is 2.02. The molecule has 0 radical (unpaired) electrons. The van der Waals surface area contributed by atoms with Crippen molar-refractivity contribution in [1.29, 1.82) is 0 Å². The maximum atomic E-state index is 12.0. The largest absolute Gasteiger partial charge is 0.454 e. The Morgan fingerprint density at radius 2 is 1.85 bits per heavy atom. The lowest BCUT2D eigenvalue weighted by Gasteiger charge is -2.09. The molecular formula is C19H17N3O4. The predicted molar refractivity (Wildman–Crippen MR) is 96.8 cm³/mol. The van der Waals surface area contributed by atoms with Gasteiger partial charge in [0, 0.05) is 11.1 Å². The lowest BCUT2D eigenvalue weighted by molar-refractivity contribution is -0.148. The van der Waals surface area contributed by atoms with Gasteiger partial charge in [0.2, 0.25) is 5.43 Å². The normalized spacial score (nSPS) is 10.5. The number of fused-ring (bicyclic) bond motifs is 1. The molecule has 26 heavy (non-hydrogen) atoms. The Morgan fingerprint density at radius 3 is 2.62 bits per heavy atom. The van der Waals surface area contributed by atoms with Gasteiger partial charge in [-0.1, -0.05) is 29.8 Å². The molecule has 3 rings (SSSR count). The van der Waals surface area contributed by atoms with E-state index in [2.05, 4.69) is 10.4 Å². The zero-order valence-electron chi connectivity index (χ0n) is 14.1. The molecule has 3 aromatic rings. The Labute approximate surface area is 149 Å². The number of ether oxygens (including phenoxy) is 1. The van der Waals surface area contributed by atoms with Crippen molar-refractivity contribution in [2.45, 2.75) is 13.5 Å². The second-order valence-electron chi connectivity index (χ2n) is 5.76. The van der Waals surface area contributed by atoms with Crippen molar-refractivity contribution in [2.24, 2.45) is 0 Å². The molecule has 1 N–H and O–H groups in total. The highest BCUT2D eigenvalue weighted by Crippen LogP contribution is 2.09. The summed E-state index contributed by atoms with van der Waals surface area (Å²) in [6, 6.07) is 14.1. The molecule has 7 heteroatoms. The van der Waals surface area contributed by atoms with Crippen LogP contribution < -0.4 is 10.7 Å². The van der Waals surface area contributed by atoms with Crippen LogP contribution in [0.2, 0.25) is 0 Å². The number of esters is 1. The second kappa shape index (κ2) is 7.60. The van der Waals surface area contributed by atoms with Crippen LogP contribution >= 0.6 is 0 Å². The summed E-state index contributed by atoms with van der Waals surface area (Å²) in [5, 5.41) is 7.06. The summed E-state index contributed by atoms with van der Waals surface area (Å²) in [7, 11) is 0. The van der Waals surface area contributed by atoms with Crippen LogP contribution in [0.5, 0.6) is 0 Å². The highest BCUT2D eigenvalue weighted by molar-refractivity contribution is 5.92. The fourth-order valence-electron chi connectivity index (χ4n) is 2.43. The van der Waals surface area contributed by atoms with E-state index >= 15 is 0 Å². The van der Waals surface area contributed by atoms with E-state index in [0.29, 0.717) is 16.6 Å². The van der Waals surface area contributed by atoms with Gasteiger partial charge >= 0.3 is 5.97 Å². The summed E-state index contributed by atoms with van der Waals surface area (Å²) >= 11 is 0. The molecule has 0 bridgehead atoms. The summed E-state index contributed by atoms with van der Waals surface area (Å²) in [6.45, 7) is 1.35. The first-order valence-electron chi connectivity index (χ1n) is 8.00. The molecule has 0 aliphatic carbocycles. The van der Waals surface area contributed by atoms with Gasteiger partial charge in [-0.15, -0.1) is 0 Å². The molecule has 1 amide bonds. The maximum Gasteiger partial charge on any atom is 0.328 e. The number of amides is 1. The van der Waals surface area contributed by atoms with E-state index in [1.54, 1.807) is 36.4 Å². The van der Waals surface area contributed by atoms with Crippen LogP contribution in [0.4, 0.5) is 5.69 Å². The molecule has 0 saturated heterocycles. The number of carbonyl (C=O) groups is 2. The van der Waals surface area contributed by atoms with Crippen molar-refractivity contribution in [3.63, 3.8) is 0 Å². The van der Waals surface area contributed by atoms with Crippen LogP contribution in [0.15, 0.2) is 59.5 Å². The summed E-state index contributed by atoms with van der Waals surface area (Å²) in [4.78, 5) is 35.6. The molecule has 0 spiro atoms. The summed E-state index contributed by atoms with van der Waals surface area (Å²) < 4.78 is 6.36. The number of hydrogen-bond donors (Lipinski definition) is 1. The number of para-hydroxylation sites is 1. The highest BCUT2D eigenvalue weighted by Gasteiger charge is 2.11. The van der Waals surface area contributed by atoms with E-state index in [0.717, 1.165) is 11.8 Å². The minimum atomic E-state index is -0.620. The minimum absolute atomic E-state index is 0.196. The predicted octanol–water partition coefficient (Wildman–Crippen LogP) is 1.89. The molecule has 0 unspecified atom stereocenters. The van der Waals surface area contributed by atoms with Crippen molar-refractivity contribution in [1.82, 2.24) is 9.78 Å². The minimum Gasteiger partial charge on any atom is -0.454 e.